The summed E-state index contributed by atoms with van der Waals surface area (Å²) < 4.78 is 0. The number of hydrogen-bond donors (Lipinski definition) is 2. The molecule has 0 saturated heterocycles. The number of nitrogens with one attached hydrogen (secondary N) is 2. The first-order valence-corrected chi connectivity index (χ1v) is 5.08. The molecule has 1 rings (SSSR count). The topological polar surface area (TPSA) is 24.1 Å². The van der Waals surface area contributed by atoms with Gasteiger partial charge in [-0.05, 0) is 18.4 Å². The molecule has 0 atom stereocenters. The van der Waals surface area contributed by atoms with Crippen LogP contribution in [0.2, 0.25) is 0 Å². The van der Waals surface area contributed by atoms with Crippen molar-refractivity contribution in [3.8, 4) is 0 Å². The van der Waals surface area contributed by atoms with Gasteiger partial charge in [0, 0.05) is 19.0 Å². The summed E-state index contributed by atoms with van der Waals surface area (Å²) in [5.41, 5.74) is 2.32. The van der Waals surface area contributed by atoms with Gasteiger partial charge in [-0.3, -0.25) is 0 Å². The van der Waals surface area contributed by atoms with Gasteiger partial charge < -0.3 is 10.6 Å². The van der Waals surface area contributed by atoms with Crippen LogP contribution in [0.3, 0.4) is 0 Å². The molecule has 0 aliphatic heterocycles. The molecule has 1 aromatic carbocycles. The maximum Gasteiger partial charge on any atom is 0.0711 e. The van der Waals surface area contributed by atoms with E-state index in [0.29, 0.717) is 0 Å². The van der Waals surface area contributed by atoms with Gasteiger partial charge >= 0.3 is 0 Å². The second-order valence-corrected chi connectivity index (χ2v) is 3.23. The zero-order valence-corrected chi connectivity index (χ0v) is 8.46. The van der Waals surface area contributed by atoms with E-state index in [1.165, 1.54) is 10.6 Å². The van der Waals surface area contributed by atoms with Crippen LogP contribution in [-0.4, -0.2) is 20.4 Å². The van der Waals surface area contributed by atoms with Crippen molar-refractivity contribution in [3.05, 3.63) is 18.2 Å². The smallest absolute Gasteiger partial charge is 0.0711 e. The Morgan fingerprint density at radius 1 is 1.17 bits per heavy atom. The minimum atomic E-state index is 1.14. The summed E-state index contributed by atoms with van der Waals surface area (Å²) in [6, 6.07) is 6.22. The largest absolute Gasteiger partial charge is 0.386 e. The van der Waals surface area contributed by atoms with Crippen LogP contribution in [0, 0.1) is 0 Å². The highest BCUT2D eigenvalue weighted by molar-refractivity contribution is 7.98. The lowest BCUT2D eigenvalue weighted by atomic mass is 10.2. The predicted molar refractivity (Wildman–Crippen MR) is 57.3 cm³/mol. The molecule has 12 heavy (non-hydrogen) atoms. The second-order valence-electron chi connectivity index (χ2n) is 2.38. The molecule has 0 spiro atoms. The molecule has 2 N–H and O–H groups in total. The van der Waals surface area contributed by atoms with Crippen molar-refractivity contribution in [1.29, 1.82) is 0 Å². The molecule has 2 nitrogen and oxygen atoms in total. The van der Waals surface area contributed by atoms with Crippen molar-refractivity contribution in [2.75, 3.05) is 31.0 Å². The SMILES string of the molecule is CNc1cccc(SC)c1NC. The molecule has 0 bridgehead atoms. The summed E-state index contributed by atoms with van der Waals surface area (Å²) >= 11 is 1.75. The Morgan fingerprint density at radius 3 is 2.42 bits per heavy atom. The summed E-state index contributed by atoms with van der Waals surface area (Å²) in [7, 11) is 3.87. The van der Waals surface area contributed by atoms with Crippen molar-refractivity contribution < 1.29 is 0 Å². The maximum absolute atomic E-state index is 3.18. The predicted octanol–water partition coefficient (Wildman–Crippen LogP) is 2.49. The van der Waals surface area contributed by atoms with E-state index in [1.807, 2.05) is 14.1 Å². The Kier molecular flexibility index (Phi) is 3.29. The molecule has 1 aromatic rings. The van der Waals surface area contributed by atoms with Crippen LogP contribution in [0.5, 0.6) is 0 Å². The normalized spacial score (nSPS) is 9.58. The third-order valence-corrected chi connectivity index (χ3v) is 2.55. The van der Waals surface area contributed by atoms with Crippen molar-refractivity contribution in [3.63, 3.8) is 0 Å². The zero-order valence-electron chi connectivity index (χ0n) is 7.64. The minimum Gasteiger partial charge on any atom is -0.386 e. The van der Waals surface area contributed by atoms with Gasteiger partial charge in [-0.25, -0.2) is 0 Å². The number of thioether (sulfide) groups is 1. The maximum atomic E-state index is 3.18. The third kappa shape index (κ3) is 1.67. The lowest BCUT2D eigenvalue weighted by molar-refractivity contribution is 1.36. The van der Waals surface area contributed by atoms with Crippen LogP contribution < -0.4 is 10.6 Å². The van der Waals surface area contributed by atoms with E-state index in [-0.39, 0.29) is 0 Å². The van der Waals surface area contributed by atoms with Gasteiger partial charge in [0.15, 0.2) is 0 Å². The Labute approximate surface area is 77.7 Å². The van der Waals surface area contributed by atoms with Gasteiger partial charge in [-0.2, -0.15) is 0 Å². The molecule has 3 heteroatoms. The molecular formula is C9H14N2S. The van der Waals surface area contributed by atoms with E-state index >= 15 is 0 Å². The average molecular weight is 182 g/mol. The molecule has 0 aliphatic rings. The van der Waals surface area contributed by atoms with E-state index in [0.717, 1.165) is 5.69 Å². The van der Waals surface area contributed by atoms with Crippen molar-refractivity contribution in [2.24, 2.45) is 0 Å². The van der Waals surface area contributed by atoms with Crippen LogP contribution in [0.4, 0.5) is 11.4 Å². The van der Waals surface area contributed by atoms with E-state index in [1.54, 1.807) is 11.8 Å². The van der Waals surface area contributed by atoms with Crippen LogP contribution in [-0.2, 0) is 0 Å². The highest BCUT2D eigenvalue weighted by Crippen LogP contribution is 2.31. The number of anilines is 2. The van der Waals surface area contributed by atoms with Gasteiger partial charge in [-0.15, -0.1) is 11.8 Å². The molecule has 66 valence electrons. The van der Waals surface area contributed by atoms with Gasteiger partial charge in [0.1, 0.15) is 0 Å². The van der Waals surface area contributed by atoms with Gasteiger partial charge in [0.25, 0.3) is 0 Å². The summed E-state index contributed by atoms with van der Waals surface area (Å²) in [6.07, 6.45) is 2.08. The molecule has 0 amide bonds. The van der Waals surface area contributed by atoms with Crippen molar-refractivity contribution >= 4 is 23.1 Å². The Balaban J connectivity index is 3.13. The zero-order chi connectivity index (χ0) is 8.97. The molecule has 0 aromatic heterocycles. The average Bonchev–Trinajstić information content (AvgIpc) is 2.16. The Bertz CT molecular complexity index is 238. The second kappa shape index (κ2) is 4.26. The van der Waals surface area contributed by atoms with Crippen LogP contribution in [0.25, 0.3) is 0 Å². The lowest BCUT2D eigenvalue weighted by Crippen LogP contribution is -1.97. The summed E-state index contributed by atoms with van der Waals surface area (Å²) in [5, 5.41) is 6.33. The number of para-hydroxylation sites is 1. The van der Waals surface area contributed by atoms with Crippen LogP contribution >= 0.6 is 11.8 Å². The van der Waals surface area contributed by atoms with Gasteiger partial charge in [0.05, 0.1) is 11.4 Å². The molecule has 0 radical (unpaired) electrons. The first kappa shape index (κ1) is 9.26. The Hall–Kier alpha value is -0.830. The fourth-order valence-electron chi connectivity index (χ4n) is 1.17. The summed E-state index contributed by atoms with van der Waals surface area (Å²) in [5.74, 6) is 0. The summed E-state index contributed by atoms with van der Waals surface area (Å²) in [4.78, 5) is 1.27. The number of benzene rings is 1. The molecule has 0 fully saturated rings. The lowest BCUT2D eigenvalue weighted by Gasteiger charge is -2.11. The standard InChI is InChI=1S/C9H14N2S/c1-10-7-5-4-6-8(12-3)9(7)11-2/h4-6,10-11H,1-3H3. The van der Waals surface area contributed by atoms with Crippen molar-refractivity contribution in [2.45, 2.75) is 4.90 Å². The van der Waals surface area contributed by atoms with Gasteiger partial charge in [0.2, 0.25) is 0 Å². The highest BCUT2D eigenvalue weighted by Gasteiger charge is 2.02. The minimum absolute atomic E-state index is 1.14. The third-order valence-electron chi connectivity index (χ3n) is 1.77. The molecule has 0 saturated carbocycles. The van der Waals surface area contributed by atoms with Gasteiger partial charge in [-0.1, -0.05) is 6.07 Å². The Morgan fingerprint density at radius 2 is 1.92 bits per heavy atom. The fourth-order valence-corrected chi connectivity index (χ4v) is 1.80. The van der Waals surface area contributed by atoms with E-state index in [2.05, 4.69) is 35.1 Å². The summed E-state index contributed by atoms with van der Waals surface area (Å²) in [6.45, 7) is 0. The van der Waals surface area contributed by atoms with Crippen LogP contribution in [0.15, 0.2) is 23.1 Å². The van der Waals surface area contributed by atoms with Crippen LogP contribution in [0.1, 0.15) is 0 Å². The number of hydrogen-bond acceptors (Lipinski definition) is 3. The molecule has 0 aliphatic carbocycles. The van der Waals surface area contributed by atoms with Crippen molar-refractivity contribution in [1.82, 2.24) is 0 Å². The van der Waals surface area contributed by atoms with E-state index < -0.39 is 0 Å². The molecular weight excluding hydrogens is 168 g/mol. The van der Waals surface area contributed by atoms with E-state index in [9.17, 15) is 0 Å². The quantitative estimate of drug-likeness (QED) is 0.702. The fraction of sp³-hybridized carbons (Fsp3) is 0.333. The molecule has 0 unspecified atom stereocenters. The highest BCUT2D eigenvalue weighted by atomic mass is 32.2. The molecule has 0 heterocycles. The monoisotopic (exact) mass is 182 g/mol. The van der Waals surface area contributed by atoms with E-state index in [4.69, 9.17) is 0 Å². The first-order chi connectivity index (χ1) is 5.83. The number of rotatable bonds is 3. The first-order valence-electron chi connectivity index (χ1n) is 3.86.